The number of piperidine rings is 1. The number of aryl methyl sites for hydroxylation is 2. The third-order valence-electron chi connectivity index (χ3n) is 6.56. The van der Waals surface area contributed by atoms with E-state index < -0.39 is 0 Å². The Morgan fingerprint density at radius 3 is 2.27 bits per heavy atom. The molecule has 0 saturated carbocycles. The molecule has 160 valence electrons. The number of nitrogens with zero attached hydrogens (tertiary/aromatic N) is 3. The number of imidazole rings is 1. The van der Waals surface area contributed by atoms with Gasteiger partial charge in [-0.3, -0.25) is 9.13 Å². The average molecular weight is 406 g/mol. The van der Waals surface area contributed by atoms with E-state index in [1.165, 1.54) is 31.4 Å². The van der Waals surface area contributed by atoms with E-state index in [1.807, 2.05) is 10.6 Å². The fraction of sp³-hybridized carbons (Fsp3) is 0.500. The van der Waals surface area contributed by atoms with Gasteiger partial charge in [0.05, 0.1) is 11.0 Å². The summed E-state index contributed by atoms with van der Waals surface area (Å²) in [5.41, 5.74) is 3.83. The van der Waals surface area contributed by atoms with Crippen LogP contribution >= 0.6 is 0 Å². The predicted molar refractivity (Wildman–Crippen MR) is 125 cm³/mol. The lowest BCUT2D eigenvalue weighted by atomic mass is 10.0. The van der Waals surface area contributed by atoms with Gasteiger partial charge in [-0.05, 0) is 62.8 Å². The Morgan fingerprint density at radius 1 is 0.833 bits per heavy atom. The summed E-state index contributed by atoms with van der Waals surface area (Å²) in [6, 6.07) is 19.4. The molecule has 1 aromatic heterocycles. The van der Waals surface area contributed by atoms with Crippen LogP contribution in [-0.2, 0) is 13.0 Å². The van der Waals surface area contributed by atoms with Gasteiger partial charge < -0.3 is 4.90 Å². The third-order valence-corrected chi connectivity index (χ3v) is 6.56. The number of rotatable bonds is 9. The van der Waals surface area contributed by atoms with Crippen LogP contribution in [0.1, 0.15) is 57.1 Å². The van der Waals surface area contributed by atoms with Crippen molar-refractivity contribution in [1.82, 2.24) is 14.0 Å². The molecule has 4 nitrogen and oxygen atoms in total. The molecule has 0 radical (unpaired) electrons. The smallest absolute Gasteiger partial charge is 0.303 e. The van der Waals surface area contributed by atoms with Gasteiger partial charge in [-0.1, -0.05) is 55.8 Å². The maximum Gasteiger partial charge on any atom is 0.329 e. The Balaban J connectivity index is 1.34. The summed E-state index contributed by atoms with van der Waals surface area (Å²) in [5, 5.41) is 0. The summed E-state index contributed by atoms with van der Waals surface area (Å²) < 4.78 is 4.09. The monoisotopic (exact) mass is 405 g/mol. The second-order valence-electron chi connectivity index (χ2n) is 8.66. The van der Waals surface area contributed by atoms with Crippen molar-refractivity contribution in [3.05, 3.63) is 70.6 Å². The van der Waals surface area contributed by atoms with Crippen molar-refractivity contribution in [2.24, 2.45) is 0 Å². The highest BCUT2D eigenvalue weighted by Crippen LogP contribution is 2.26. The summed E-state index contributed by atoms with van der Waals surface area (Å²) in [6.07, 6.45) is 7.96. The Bertz CT molecular complexity index is 980. The molecule has 0 N–H and O–H groups in total. The van der Waals surface area contributed by atoms with Gasteiger partial charge in [0.2, 0.25) is 0 Å². The summed E-state index contributed by atoms with van der Waals surface area (Å²) in [4.78, 5) is 15.8. The van der Waals surface area contributed by atoms with Crippen molar-refractivity contribution < 1.29 is 0 Å². The lowest BCUT2D eigenvalue weighted by Crippen LogP contribution is -2.38. The van der Waals surface area contributed by atoms with Gasteiger partial charge in [0.1, 0.15) is 0 Å². The van der Waals surface area contributed by atoms with Crippen molar-refractivity contribution in [3.63, 3.8) is 0 Å². The number of para-hydroxylation sites is 2. The minimum atomic E-state index is 0.186. The van der Waals surface area contributed by atoms with Crippen LogP contribution in [0.2, 0.25) is 0 Å². The van der Waals surface area contributed by atoms with Crippen LogP contribution in [0.3, 0.4) is 0 Å². The van der Waals surface area contributed by atoms with Crippen molar-refractivity contribution in [3.8, 4) is 0 Å². The van der Waals surface area contributed by atoms with Crippen LogP contribution in [0.15, 0.2) is 59.4 Å². The molecule has 0 amide bonds. The highest BCUT2D eigenvalue weighted by molar-refractivity contribution is 5.76. The molecule has 1 saturated heterocycles. The van der Waals surface area contributed by atoms with E-state index in [1.54, 1.807) is 0 Å². The number of benzene rings is 2. The van der Waals surface area contributed by atoms with Crippen LogP contribution in [0, 0.1) is 0 Å². The van der Waals surface area contributed by atoms with Gasteiger partial charge in [0.25, 0.3) is 0 Å². The molecule has 3 aromatic rings. The molecule has 2 aromatic carbocycles. The molecular weight excluding hydrogens is 370 g/mol. The van der Waals surface area contributed by atoms with Crippen molar-refractivity contribution in [1.29, 1.82) is 0 Å². The molecular formula is C26H35N3O. The van der Waals surface area contributed by atoms with Crippen molar-refractivity contribution in [2.75, 3.05) is 19.6 Å². The number of aromatic nitrogens is 2. The molecule has 1 fully saturated rings. The fourth-order valence-electron chi connectivity index (χ4n) is 4.83. The molecule has 0 atom stereocenters. The number of unbranched alkanes of at least 4 members (excludes halogenated alkanes) is 2. The Labute approximate surface area is 180 Å². The van der Waals surface area contributed by atoms with Gasteiger partial charge in [0, 0.05) is 25.7 Å². The van der Waals surface area contributed by atoms with Gasteiger partial charge in [-0.2, -0.15) is 0 Å². The van der Waals surface area contributed by atoms with E-state index in [-0.39, 0.29) is 5.69 Å². The first-order valence-corrected chi connectivity index (χ1v) is 11.7. The Kier molecular flexibility index (Phi) is 7.06. The largest absolute Gasteiger partial charge is 0.329 e. The molecule has 4 heteroatoms. The minimum Gasteiger partial charge on any atom is -0.303 e. The lowest BCUT2D eigenvalue weighted by molar-refractivity contribution is 0.183. The zero-order valence-corrected chi connectivity index (χ0v) is 18.3. The molecule has 1 aliphatic rings. The van der Waals surface area contributed by atoms with E-state index in [4.69, 9.17) is 0 Å². The first kappa shape index (κ1) is 20.9. The van der Waals surface area contributed by atoms with Crippen LogP contribution in [0.4, 0.5) is 0 Å². The highest BCUT2D eigenvalue weighted by atomic mass is 16.1. The molecule has 0 unspecified atom stereocenters. The second kappa shape index (κ2) is 10.1. The van der Waals surface area contributed by atoms with Crippen LogP contribution in [0.5, 0.6) is 0 Å². The fourth-order valence-corrected chi connectivity index (χ4v) is 4.83. The number of hydrogen-bond acceptors (Lipinski definition) is 2. The molecule has 0 bridgehead atoms. The first-order chi connectivity index (χ1) is 14.8. The van der Waals surface area contributed by atoms with Gasteiger partial charge in [-0.25, -0.2) is 4.79 Å². The summed E-state index contributed by atoms with van der Waals surface area (Å²) in [5.74, 6) is 0. The van der Waals surface area contributed by atoms with Crippen LogP contribution in [0.25, 0.3) is 11.0 Å². The topological polar surface area (TPSA) is 30.2 Å². The SMILES string of the molecule is CCCCn1c(=O)n(C2CCN(CCCCc3ccccc3)CC2)c2ccccc21. The quantitative estimate of drug-likeness (QED) is 0.454. The zero-order chi connectivity index (χ0) is 20.8. The Morgan fingerprint density at radius 2 is 1.53 bits per heavy atom. The van der Waals surface area contributed by atoms with E-state index in [9.17, 15) is 4.79 Å². The van der Waals surface area contributed by atoms with Crippen LogP contribution < -0.4 is 5.69 Å². The predicted octanol–water partition coefficient (Wildman–Crippen LogP) is 5.26. The second-order valence-corrected chi connectivity index (χ2v) is 8.66. The molecule has 2 heterocycles. The first-order valence-electron chi connectivity index (χ1n) is 11.7. The van der Waals surface area contributed by atoms with Gasteiger partial charge in [-0.15, -0.1) is 0 Å². The maximum atomic E-state index is 13.2. The number of likely N-dealkylation sites (tertiary alicyclic amines) is 1. The highest BCUT2D eigenvalue weighted by Gasteiger charge is 2.24. The summed E-state index contributed by atoms with van der Waals surface area (Å²) in [7, 11) is 0. The van der Waals surface area contributed by atoms with Gasteiger partial charge >= 0.3 is 5.69 Å². The lowest BCUT2D eigenvalue weighted by Gasteiger charge is -2.32. The Hall–Kier alpha value is -2.33. The molecule has 0 spiro atoms. The standard InChI is InChI=1S/C26H35N3O/c1-2-3-19-28-24-14-7-8-15-25(24)29(26(28)30)23-16-20-27(21-17-23)18-10-9-13-22-11-5-4-6-12-22/h4-8,11-12,14-15,23H,2-3,9-10,13,16-21H2,1H3. The number of hydrogen-bond donors (Lipinski definition) is 0. The third kappa shape index (κ3) is 4.70. The molecule has 1 aliphatic heterocycles. The van der Waals surface area contributed by atoms with E-state index >= 15 is 0 Å². The molecule has 0 aliphatic carbocycles. The van der Waals surface area contributed by atoms with Gasteiger partial charge in [0.15, 0.2) is 0 Å². The molecule has 4 rings (SSSR count). The van der Waals surface area contributed by atoms with Crippen molar-refractivity contribution >= 4 is 11.0 Å². The van der Waals surface area contributed by atoms with E-state index in [0.29, 0.717) is 6.04 Å². The number of fused-ring (bicyclic) bond motifs is 1. The average Bonchev–Trinajstić information content (AvgIpc) is 3.07. The summed E-state index contributed by atoms with van der Waals surface area (Å²) >= 11 is 0. The molecule has 30 heavy (non-hydrogen) atoms. The van der Waals surface area contributed by atoms with Crippen LogP contribution in [-0.4, -0.2) is 33.7 Å². The zero-order valence-electron chi connectivity index (χ0n) is 18.3. The normalized spacial score (nSPS) is 15.8. The van der Waals surface area contributed by atoms with Crippen molar-refractivity contribution in [2.45, 2.75) is 64.5 Å². The summed E-state index contributed by atoms with van der Waals surface area (Å²) in [6.45, 7) is 6.36. The van der Waals surface area contributed by atoms with E-state index in [2.05, 4.69) is 64.9 Å². The minimum absolute atomic E-state index is 0.186. The maximum absolute atomic E-state index is 13.2. The van der Waals surface area contributed by atoms with E-state index in [0.717, 1.165) is 56.4 Å².